The zero-order valence-electron chi connectivity index (χ0n) is 6.83. The number of rotatable bonds is 3. The summed E-state index contributed by atoms with van der Waals surface area (Å²) in [5.41, 5.74) is 0. The zero-order valence-corrected chi connectivity index (χ0v) is 8.98. The van der Waals surface area contributed by atoms with Gasteiger partial charge < -0.3 is 9.84 Å². The molecule has 0 fully saturated rings. The maximum Gasteiger partial charge on any atom is 0.133 e. The largest absolute Gasteiger partial charge is 0.487 e. The van der Waals surface area contributed by atoms with Crippen molar-refractivity contribution in [3.05, 3.63) is 27.8 Å². The van der Waals surface area contributed by atoms with Gasteiger partial charge in [0.2, 0.25) is 0 Å². The number of benzene rings is 1. The van der Waals surface area contributed by atoms with E-state index in [2.05, 4.69) is 22.6 Å². The second-order valence-electron chi connectivity index (χ2n) is 2.54. The monoisotopic (exact) mass is 278 g/mol. The van der Waals surface area contributed by atoms with Crippen LogP contribution < -0.4 is 4.74 Å². The summed E-state index contributed by atoms with van der Waals surface area (Å²) in [5.74, 6) is 0.833. The number of hydrogen-bond donors (Lipinski definition) is 1. The summed E-state index contributed by atoms with van der Waals surface area (Å²) in [5, 5.41) is 8.76. The van der Waals surface area contributed by atoms with Crippen LogP contribution in [0.4, 0.5) is 0 Å². The van der Waals surface area contributed by atoms with Crippen LogP contribution >= 0.6 is 22.6 Å². The van der Waals surface area contributed by atoms with Gasteiger partial charge in [0.25, 0.3) is 0 Å². The minimum Gasteiger partial charge on any atom is -0.487 e. The standard InChI is InChI=1S/C9H11IO2/c1-7(6-11)12-9-5-3-2-4-8(9)10/h2-5,7,11H,6H2,1H3/t7-/m0/s1. The Morgan fingerprint density at radius 3 is 2.75 bits per heavy atom. The van der Waals surface area contributed by atoms with Gasteiger partial charge in [0.15, 0.2) is 0 Å². The average Bonchev–Trinajstić information content (AvgIpc) is 2.09. The first kappa shape index (κ1) is 9.80. The fourth-order valence-corrected chi connectivity index (χ4v) is 1.31. The molecule has 0 amide bonds. The minimum atomic E-state index is -0.138. The van der Waals surface area contributed by atoms with Gasteiger partial charge in [0.05, 0.1) is 10.2 Å². The molecule has 2 nitrogen and oxygen atoms in total. The molecule has 0 saturated heterocycles. The van der Waals surface area contributed by atoms with Crippen LogP contribution in [-0.4, -0.2) is 17.8 Å². The molecular formula is C9H11IO2. The van der Waals surface area contributed by atoms with Gasteiger partial charge >= 0.3 is 0 Å². The topological polar surface area (TPSA) is 29.5 Å². The first-order valence-corrected chi connectivity index (χ1v) is 4.84. The van der Waals surface area contributed by atoms with Crippen LogP contribution in [0.5, 0.6) is 5.75 Å². The van der Waals surface area contributed by atoms with Crippen LogP contribution in [0.25, 0.3) is 0 Å². The molecule has 1 rings (SSSR count). The quantitative estimate of drug-likeness (QED) is 0.857. The molecule has 1 aromatic rings. The van der Waals surface area contributed by atoms with E-state index in [0.717, 1.165) is 9.32 Å². The number of hydrogen-bond acceptors (Lipinski definition) is 2. The van der Waals surface area contributed by atoms with Crippen LogP contribution in [0.3, 0.4) is 0 Å². The number of para-hydroxylation sites is 1. The van der Waals surface area contributed by atoms with Crippen molar-refractivity contribution in [2.24, 2.45) is 0 Å². The predicted octanol–water partition coefficient (Wildman–Crippen LogP) is 2.05. The van der Waals surface area contributed by atoms with E-state index in [9.17, 15) is 0 Å². The van der Waals surface area contributed by atoms with E-state index >= 15 is 0 Å². The van der Waals surface area contributed by atoms with Crippen molar-refractivity contribution in [3.63, 3.8) is 0 Å². The second kappa shape index (κ2) is 4.67. The summed E-state index contributed by atoms with van der Waals surface area (Å²) in [6.07, 6.45) is -0.138. The molecule has 0 unspecified atom stereocenters. The van der Waals surface area contributed by atoms with Gasteiger partial charge in [-0.3, -0.25) is 0 Å². The maximum atomic E-state index is 8.76. The zero-order chi connectivity index (χ0) is 8.97. The number of aliphatic hydroxyl groups excluding tert-OH is 1. The van der Waals surface area contributed by atoms with Gasteiger partial charge in [0.1, 0.15) is 11.9 Å². The molecule has 0 aliphatic carbocycles. The molecule has 0 aromatic heterocycles. The predicted molar refractivity (Wildman–Crippen MR) is 56.3 cm³/mol. The Kier molecular flexibility index (Phi) is 3.81. The van der Waals surface area contributed by atoms with Crippen molar-refractivity contribution in [2.45, 2.75) is 13.0 Å². The van der Waals surface area contributed by atoms with E-state index < -0.39 is 0 Å². The molecule has 66 valence electrons. The molecule has 3 heteroatoms. The van der Waals surface area contributed by atoms with Crippen molar-refractivity contribution in [3.8, 4) is 5.75 Å². The highest BCUT2D eigenvalue weighted by Crippen LogP contribution is 2.20. The summed E-state index contributed by atoms with van der Waals surface area (Å²) < 4.78 is 6.50. The van der Waals surface area contributed by atoms with E-state index in [1.807, 2.05) is 31.2 Å². The Balaban J connectivity index is 2.69. The summed E-state index contributed by atoms with van der Waals surface area (Å²) >= 11 is 2.20. The van der Waals surface area contributed by atoms with E-state index in [1.54, 1.807) is 0 Å². The van der Waals surface area contributed by atoms with E-state index in [-0.39, 0.29) is 12.7 Å². The summed E-state index contributed by atoms with van der Waals surface area (Å²) in [6.45, 7) is 1.88. The fourth-order valence-electron chi connectivity index (χ4n) is 0.794. The third-order valence-corrected chi connectivity index (χ3v) is 2.31. The molecule has 0 aliphatic rings. The van der Waals surface area contributed by atoms with Crippen molar-refractivity contribution >= 4 is 22.6 Å². The van der Waals surface area contributed by atoms with E-state index in [1.165, 1.54) is 0 Å². The molecule has 0 heterocycles. The highest BCUT2D eigenvalue weighted by molar-refractivity contribution is 14.1. The Bertz CT molecular complexity index is 250. The number of ether oxygens (including phenoxy) is 1. The van der Waals surface area contributed by atoms with Crippen LogP contribution in [0.2, 0.25) is 0 Å². The molecule has 0 spiro atoms. The lowest BCUT2D eigenvalue weighted by Gasteiger charge is -2.12. The van der Waals surface area contributed by atoms with Gasteiger partial charge in [-0.05, 0) is 41.6 Å². The number of aliphatic hydroxyl groups is 1. The van der Waals surface area contributed by atoms with E-state index in [4.69, 9.17) is 9.84 Å². The SMILES string of the molecule is C[C@@H](CO)Oc1ccccc1I. The van der Waals surface area contributed by atoms with Crippen LogP contribution in [0.15, 0.2) is 24.3 Å². The molecule has 0 saturated carbocycles. The molecular weight excluding hydrogens is 267 g/mol. The van der Waals surface area contributed by atoms with Gasteiger partial charge in [-0.1, -0.05) is 12.1 Å². The van der Waals surface area contributed by atoms with Crippen molar-refractivity contribution in [2.75, 3.05) is 6.61 Å². The molecule has 12 heavy (non-hydrogen) atoms. The highest BCUT2D eigenvalue weighted by Gasteiger charge is 2.03. The molecule has 0 bridgehead atoms. The van der Waals surface area contributed by atoms with Crippen molar-refractivity contribution < 1.29 is 9.84 Å². The van der Waals surface area contributed by atoms with Crippen molar-refractivity contribution in [1.82, 2.24) is 0 Å². The molecule has 0 radical (unpaired) electrons. The molecule has 1 N–H and O–H groups in total. The summed E-state index contributed by atoms with van der Waals surface area (Å²) in [7, 11) is 0. The maximum absolute atomic E-state index is 8.76. The van der Waals surface area contributed by atoms with Gasteiger partial charge in [-0.15, -0.1) is 0 Å². The first-order chi connectivity index (χ1) is 5.74. The Morgan fingerprint density at radius 1 is 1.50 bits per heavy atom. The van der Waals surface area contributed by atoms with Gasteiger partial charge in [-0.2, -0.15) is 0 Å². The van der Waals surface area contributed by atoms with Gasteiger partial charge in [-0.25, -0.2) is 0 Å². The van der Waals surface area contributed by atoms with Crippen molar-refractivity contribution in [1.29, 1.82) is 0 Å². The smallest absolute Gasteiger partial charge is 0.133 e. The molecule has 0 aliphatic heterocycles. The Hall–Kier alpha value is -0.290. The molecule has 1 aromatic carbocycles. The summed E-state index contributed by atoms with van der Waals surface area (Å²) in [4.78, 5) is 0. The lowest BCUT2D eigenvalue weighted by atomic mass is 10.3. The Labute approximate surface area is 85.7 Å². The fraction of sp³-hybridized carbons (Fsp3) is 0.333. The van der Waals surface area contributed by atoms with Crippen LogP contribution in [-0.2, 0) is 0 Å². The molecule has 1 atom stereocenters. The summed E-state index contributed by atoms with van der Waals surface area (Å²) in [6, 6.07) is 7.74. The third-order valence-electron chi connectivity index (χ3n) is 1.42. The minimum absolute atomic E-state index is 0.0466. The number of halogens is 1. The second-order valence-corrected chi connectivity index (χ2v) is 3.70. The average molecular weight is 278 g/mol. The van der Waals surface area contributed by atoms with Gasteiger partial charge in [0, 0.05) is 0 Å². The Morgan fingerprint density at radius 2 is 2.17 bits per heavy atom. The van der Waals surface area contributed by atoms with Crippen LogP contribution in [0.1, 0.15) is 6.92 Å². The normalized spacial score (nSPS) is 12.6. The lowest BCUT2D eigenvalue weighted by molar-refractivity contribution is 0.129. The van der Waals surface area contributed by atoms with Crippen LogP contribution in [0, 0.1) is 3.57 Å². The highest BCUT2D eigenvalue weighted by atomic mass is 127. The first-order valence-electron chi connectivity index (χ1n) is 3.76. The van der Waals surface area contributed by atoms with E-state index in [0.29, 0.717) is 0 Å². The lowest BCUT2D eigenvalue weighted by Crippen LogP contribution is -2.16. The third kappa shape index (κ3) is 2.64.